The molecule has 4 nitrogen and oxygen atoms in total. The molecule has 1 heterocycles. The van der Waals surface area contributed by atoms with E-state index in [0.717, 1.165) is 28.7 Å². The number of aryl methyl sites for hydroxylation is 3. The lowest BCUT2D eigenvalue weighted by Gasteiger charge is -2.10. The second kappa shape index (κ2) is 4.64. The van der Waals surface area contributed by atoms with E-state index in [0.29, 0.717) is 11.4 Å². The maximum atomic E-state index is 11.1. The number of aldehydes is 1. The van der Waals surface area contributed by atoms with Gasteiger partial charge in [-0.2, -0.15) is 0 Å². The average Bonchev–Trinajstić information content (AvgIpc) is 2.69. The van der Waals surface area contributed by atoms with E-state index in [1.54, 1.807) is 18.0 Å². The summed E-state index contributed by atoms with van der Waals surface area (Å²) in [6.07, 6.45) is 2.48. The Kier molecular flexibility index (Phi) is 3.19. The monoisotopic (exact) mass is 244 g/mol. The van der Waals surface area contributed by atoms with Gasteiger partial charge in [0.1, 0.15) is 11.4 Å². The van der Waals surface area contributed by atoms with E-state index >= 15 is 0 Å². The Labute approximate surface area is 106 Å². The number of hydrogen-bond acceptors (Lipinski definition) is 3. The van der Waals surface area contributed by atoms with Gasteiger partial charge in [-0.3, -0.25) is 4.79 Å². The molecule has 0 spiro atoms. The lowest BCUT2D eigenvalue weighted by Crippen LogP contribution is -1.96. The Hall–Kier alpha value is -2.10. The Bertz CT molecular complexity index is 577. The van der Waals surface area contributed by atoms with Crippen LogP contribution in [0.15, 0.2) is 18.5 Å². The molecule has 18 heavy (non-hydrogen) atoms. The van der Waals surface area contributed by atoms with Gasteiger partial charge in [-0.05, 0) is 37.1 Å². The molecule has 0 radical (unpaired) electrons. The number of benzene rings is 1. The van der Waals surface area contributed by atoms with Crippen LogP contribution in [0, 0.1) is 13.8 Å². The maximum absolute atomic E-state index is 11.1. The summed E-state index contributed by atoms with van der Waals surface area (Å²) in [6.45, 7) is 3.97. The average molecular weight is 244 g/mol. The second-order valence-corrected chi connectivity index (χ2v) is 4.35. The van der Waals surface area contributed by atoms with Crippen LogP contribution in [0.25, 0.3) is 11.3 Å². The molecule has 0 atom stereocenters. The van der Waals surface area contributed by atoms with Crippen molar-refractivity contribution < 1.29 is 9.53 Å². The number of rotatable bonds is 3. The standard InChI is InChI=1S/C14H16N2O2/c1-9-5-11(6-10(2)14(9)18-4)13-12(7-17)16(3)8-15-13/h5-8H,1-4H3. The third kappa shape index (κ3) is 1.90. The molecule has 0 saturated carbocycles. The molecule has 94 valence electrons. The van der Waals surface area contributed by atoms with Gasteiger partial charge in [-0.25, -0.2) is 4.98 Å². The van der Waals surface area contributed by atoms with Crippen LogP contribution in [-0.4, -0.2) is 22.9 Å². The summed E-state index contributed by atoms with van der Waals surface area (Å²) in [7, 11) is 3.47. The molecule has 2 rings (SSSR count). The molecule has 0 saturated heterocycles. The molecule has 0 fully saturated rings. The van der Waals surface area contributed by atoms with Gasteiger partial charge >= 0.3 is 0 Å². The minimum atomic E-state index is 0.582. The van der Waals surface area contributed by atoms with Gasteiger partial charge in [0, 0.05) is 12.6 Å². The summed E-state index contributed by atoms with van der Waals surface area (Å²) in [5.74, 6) is 0.877. The summed E-state index contributed by atoms with van der Waals surface area (Å²) < 4.78 is 7.05. The van der Waals surface area contributed by atoms with Gasteiger partial charge in [-0.1, -0.05) is 0 Å². The third-order valence-corrected chi connectivity index (χ3v) is 3.03. The Morgan fingerprint density at radius 3 is 2.39 bits per heavy atom. The van der Waals surface area contributed by atoms with E-state index in [1.807, 2.05) is 33.0 Å². The molecular weight excluding hydrogens is 228 g/mol. The zero-order chi connectivity index (χ0) is 13.3. The van der Waals surface area contributed by atoms with Crippen LogP contribution in [-0.2, 0) is 7.05 Å². The second-order valence-electron chi connectivity index (χ2n) is 4.35. The maximum Gasteiger partial charge on any atom is 0.168 e. The lowest BCUT2D eigenvalue weighted by atomic mass is 10.0. The van der Waals surface area contributed by atoms with Crippen molar-refractivity contribution in [3.8, 4) is 17.0 Å². The number of methoxy groups -OCH3 is 1. The highest BCUT2D eigenvalue weighted by Gasteiger charge is 2.13. The fourth-order valence-electron chi connectivity index (χ4n) is 2.21. The number of aromatic nitrogens is 2. The summed E-state index contributed by atoms with van der Waals surface area (Å²) in [4.78, 5) is 15.4. The number of ether oxygens (including phenoxy) is 1. The summed E-state index contributed by atoms with van der Waals surface area (Å²) in [6, 6.07) is 3.97. The van der Waals surface area contributed by atoms with Crippen LogP contribution in [0.4, 0.5) is 0 Å². The fraction of sp³-hybridized carbons (Fsp3) is 0.286. The first-order valence-corrected chi connectivity index (χ1v) is 5.70. The first-order valence-electron chi connectivity index (χ1n) is 5.70. The molecule has 2 aromatic rings. The quantitative estimate of drug-likeness (QED) is 0.779. The van der Waals surface area contributed by atoms with E-state index in [9.17, 15) is 4.79 Å². The van der Waals surface area contributed by atoms with E-state index in [4.69, 9.17) is 4.74 Å². The highest BCUT2D eigenvalue weighted by Crippen LogP contribution is 2.30. The van der Waals surface area contributed by atoms with Crippen LogP contribution in [0.2, 0.25) is 0 Å². The minimum Gasteiger partial charge on any atom is -0.496 e. The van der Waals surface area contributed by atoms with Gasteiger partial charge < -0.3 is 9.30 Å². The summed E-state index contributed by atoms with van der Waals surface area (Å²) >= 11 is 0. The van der Waals surface area contributed by atoms with Crippen molar-refractivity contribution in [1.29, 1.82) is 0 Å². The minimum absolute atomic E-state index is 0.582. The van der Waals surface area contributed by atoms with Crippen molar-refractivity contribution in [3.63, 3.8) is 0 Å². The predicted octanol–water partition coefficient (Wildman–Crippen LogP) is 2.53. The molecular formula is C14H16N2O2. The fourth-order valence-corrected chi connectivity index (χ4v) is 2.21. The smallest absolute Gasteiger partial charge is 0.168 e. The van der Waals surface area contributed by atoms with Crippen LogP contribution in [0.5, 0.6) is 5.75 Å². The van der Waals surface area contributed by atoms with E-state index in [-0.39, 0.29) is 0 Å². The number of carbonyl (C=O) groups is 1. The number of carbonyl (C=O) groups excluding carboxylic acids is 1. The van der Waals surface area contributed by atoms with Crippen LogP contribution >= 0.6 is 0 Å². The molecule has 0 bridgehead atoms. The largest absolute Gasteiger partial charge is 0.496 e. The van der Waals surface area contributed by atoms with Crippen molar-refractivity contribution in [2.24, 2.45) is 7.05 Å². The van der Waals surface area contributed by atoms with Crippen molar-refractivity contribution in [2.75, 3.05) is 7.11 Å². The first-order chi connectivity index (χ1) is 8.58. The molecule has 1 aromatic heterocycles. The van der Waals surface area contributed by atoms with Gasteiger partial charge in [0.15, 0.2) is 6.29 Å². The highest BCUT2D eigenvalue weighted by atomic mass is 16.5. The van der Waals surface area contributed by atoms with Crippen molar-refractivity contribution >= 4 is 6.29 Å². The number of imidazole rings is 1. The normalized spacial score (nSPS) is 10.4. The van der Waals surface area contributed by atoms with Crippen molar-refractivity contribution in [2.45, 2.75) is 13.8 Å². The molecule has 0 aliphatic carbocycles. The van der Waals surface area contributed by atoms with Crippen molar-refractivity contribution in [1.82, 2.24) is 9.55 Å². The molecule has 0 amide bonds. The van der Waals surface area contributed by atoms with Crippen LogP contribution < -0.4 is 4.74 Å². The number of hydrogen-bond donors (Lipinski definition) is 0. The van der Waals surface area contributed by atoms with Crippen LogP contribution in [0.1, 0.15) is 21.6 Å². The van der Waals surface area contributed by atoms with E-state index < -0.39 is 0 Å². The zero-order valence-electron chi connectivity index (χ0n) is 11.0. The molecule has 0 N–H and O–H groups in total. The zero-order valence-corrected chi connectivity index (χ0v) is 11.0. The van der Waals surface area contributed by atoms with Crippen molar-refractivity contribution in [3.05, 3.63) is 35.3 Å². The lowest BCUT2D eigenvalue weighted by molar-refractivity contribution is 0.111. The summed E-state index contributed by atoms with van der Waals surface area (Å²) in [5, 5.41) is 0. The SMILES string of the molecule is COc1c(C)cc(-c2ncn(C)c2C=O)cc1C. The predicted molar refractivity (Wildman–Crippen MR) is 70.1 cm³/mol. The topological polar surface area (TPSA) is 44.1 Å². The molecule has 0 aliphatic heterocycles. The summed E-state index contributed by atoms with van der Waals surface area (Å²) in [5.41, 5.74) is 4.30. The van der Waals surface area contributed by atoms with Gasteiger partial charge in [0.05, 0.1) is 19.1 Å². The first kappa shape index (κ1) is 12.4. The van der Waals surface area contributed by atoms with E-state index in [1.165, 1.54) is 0 Å². The number of nitrogens with zero attached hydrogens (tertiary/aromatic N) is 2. The highest BCUT2D eigenvalue weighted by molar-refractivity contribution is 5.84. The van der Waals surface area contributed by atoms with Crippen LogP contribution in [0.3, 0.4) is 0 Å². The molecule has 4 heteroatoms. The third-order valence-electron chi connectivity index (χ3n) is 3.03. The Morgan fingerprint density at radius 1 is 1.28 bits per heavy atom. The molecule has 1 aromatic carbocycles. The van der Waals surface area contributed by atoms with Gasteiger partial charge in [0.25, 0.3) is 0 Å². The van der Waals surface area contributed by atoms with E-state index in [2.05, 4.69) is 4.98 Å². The van der Waals surface area contributed by atoms with Gasteiger partial charge in [-0.15, -0.1) is 0 Å². The Balaban J connectivity index is 2.61. The van der Waals surface area contributed by atoms with Gasteiger partial charge in [0.2, 0.25) is 0 Å². The molecule has 0 unspecified atom stereocenters. The Morgan fingerprint density at radius 2 is 1.89 bits per heavy atom. The molecule has 0 aliphatic rings.